The fourth-order valence-electron chi connectivity index (χ4n) is 3.30. The van der Waals surface area contributed by atoms with Crippen LogP contribution in [0, 0.1) is 5.92 Å². The minimum absolute atomic E-state index is 0.0930. The highest BCUT2D eigenvalue weighted by atomic mass is 35.5. The normalized spacial score (nSPS) is 12.4. The molecule has 1 aromatic heterocycles. The molecule has 2 N–H and O–H groups in total. The lowest BCUT2D eigenvalue weighted by atomic mass is 10.1. The SMILES string of the molecule is CCCSC(SCCC(C(=O)O)C(=O)O)c1cccc(/C=C/c2ccc3ccc(Cl)cc3n2)c1. The number of thioether (sulfide) groups is 2. The lowest BCUT2D eigenvalue weighted by molar-refractivity contribution is -0.154. The van der Waals surface area contributed by atoms with Crippen LogP contribution in [-0.2, 0) is 9.59 Å². The zero-order chi connectivity index (χ0) is 24.5. The monoisotopic (exact) mass is 515 g/mol. The fourth-order valence-corrected chi connectivity index (χ4v) is 6.14. The van der Waals surface area contributed by atoms with E-state index in [-0.39, 0.29) is 11.0 Å². The third kappa shape index (κ3) is 7.52. The molecule has 8 heteroatoms. The van der Waals surface area contributed by atoms with Crippen LogP contribution in [0.25, 0.3) is 23.1 Å². The maximum absolute atomic E-state index is 11.2. The van der Waals surface area contributed by atoms with Gasteiger partial charge in [0.2, 0.25) is 0 Å². The van der Waals surface area contributed by atoms with Crippen LogP contribution in [0.1, 0.15) is 41.2 Å². The van der Waals surface area contributed by atoms with E-state index in [0.717, 1.165) is 39.9 Å². The number of halogens is 1. The van der Waals surface area contributed by atoms with Crippen molar-refractivity contribution in [3.8, 4) is 0 Å². The van der Waals surface area contributed by atoms with Gasteiger partial charge in [-0.05, 0) is 65.8 Å². The Morgan fingerprint density at radius 3 is 2.47 bits per heavy atom. The molecule has 0 saturated carbocycles. The lowest BCUT2D eigenvalue weighted by Gasteiger charge is -2.18. The van der Waals surface area contributed by atoms with Gasteiger partial charge in [0.05, 0.1) is 15.8 Å². The highest BCUT2D eigenvalue weighted by Gasteiger charge is 2.26. The number of rotatable bonds is 12. The summed E-state index contributed by atoms with van der Waals surface area (Å²) in [7, 11) is 0. The Hall–Kier alpha value is -2.48. The summed E-state index contributed by atoms with van der Waals surface area (Å²) in [5, 5.41) is 19.9. The van der Waals surface area contributed by atoms with Gasteiger partial charge in [-0.15, -0.1) is 23.5 Å². The molecule has 0 radical (unpaired) electrons. The van der Waals surface area contributed by atoms with Crippen molar-refractivity contribution in [3.63, 3.8) is 0 Å². The van der Waals surface area contributed by atoms with Crippen molar-refractivity contribution in [3.05, 3.63) is 76.4 Å². The summed E-state index contributed by atoms with van der Waals surface area (Å²) in [5.41, 5.74) is 3.82. The van der Waals surface area contributed by atoms with E-state index in [1.807, 2.05) is 54.6 Å². The van der Waals surface area contributed by atoms with Crippen molar-refractivity contribution < 1.29 is 19.8 Å². The number of hydrogen-bond donors (Lipinski definition) is 2. The first kappa shape index (κ1) is 26.1. The minimum atomic E-state index is -1.37. The summed E-state index contributed by atoms with van der Waals surface area (Å²) in [6, 6.07) is 17.8. The Kier molecular flexibility index (Phi) is 9.86. The molecule has 1 heterocycles. The number of carbonyl (C=O) groups is 2. The molecule has 3 aromatic rings. The lowest BCUT2D eigenvalue weighted by Crippen LogP contribution is -2.23. The van der Waals surface area contributed by atoms with Crippen LogP contribution in [0.5, 0.6) is 0 Å². The first-order valence-electron chi connectivity index (χ1n) is 10.9. The number of aliphatic carboxylic acids is 2. The van der Waals surface area contributed by atoms with Crippen molar-refractivity contribution in [2.24, 2.45) is 5.92 Å². The Bertz CT molecular complexity index is 1170. The molecular formula is C26H26ClNO4S2. The van der Waals surface area contributed by atoms with E-state index in [1.54, 1.807) is 23.5 Å². The fraction of sp³-hybridized carbons (Fsp3) is 0.269. The van der Waals surface area contributed by atoms with E-state index in [9.17, 15) is 9.59 Å². The van der Waals surface area contributed by atoms with Gasteiger partial charge in [0.25, 0.3) is 0 Å². The molecule has 0 aliphatic carbocycles. The molecule has 1 unspecified atom stereocenters. The van der Waals surface area contributed by atoms with Crippen LogP contribution in [-0.4, -0.2) is 38.6 Å². The molecule has 0 amide bonds. The Morgan fingerprint density at radius 2 is 1.74 bits per heavy atom. The van der Waals surface area contributed by atoms with Crippen molar-refractivity contribution in [1.82, 2.24) is 4.98 Å². The van der Waals surface area contributed by atoms with Gasteiger partial charge in [-0.3, -0.25) is 9.59 Å². The second-order valence-corrected chi connectivity index (χ2v) is 10.8. The average Bonchev–Trinajstić information content (AvgIpc) is 2.81. The number of carboxylic acids is 2. The zero-order valence-corrected chi connectivity index (χ0v) is 21.1. The number of carboxylic acid groups (broad SMARTS) is 2. The predicted molar refractivity (Wildman–Crippen MR) is 143 cm³/mol. The number of hydrogen-bond acceptors (Lipinski definition) is 5. The second-order valence-electron chi connectivity index (χ2n) is 7.67. The van der Waals surface area contributed by atoms with E-state index < -0.39 is 17.9 Å². The van der Waals surface area contributed by atoms with Gasteiger partial charge in [-0.25, -0.2) is 4.98 Å². The molecular weight excluding hydrogens is 490 g/mol. The Balaban J connectivity index is 1.73. The summed E-state index contributed by atoms with van der Waals surface area (Å²) >= 11 is 9.47. The topological polar surface area (TPSA) is 87.5 Å². The van der Waals surface area contributed by atoms with Crippen LogP contribution in [0.15, 0.2) is 54.6 Å². The molecule has 0 spiro atoms. The van der Waals surface area contributed by atoms with Crippen molar-refractivity contribution in [1.29, 1.82) is 0 Å². The van der Waals surface area contributed by atoms with Crippen molar-refractivity contribution >= 4 is 70.1 Å². The summed E-state index contributed by atoms with van der Waals surface area (Å²) in [6.45, 7) is 2.11. The summed E-state index contributed by atoms with van der Waals surface area (Å²) in [5.74, 6) is -2.54. The van der Waals surface area contributed by atoms with Crippen LogP contribution >= 0.6 is 35.1 Å². The number of aromatic nitrogens is 1. The zero-order valence-electron chi connectivity index (χ0n) is 18.7. The van der Waals surface area contributed by atoms with Crippen LogP contribution in [0.4, 0.5) is 0 Å². The Labute approximate surface area is 212 Å². The Morgan fingerprint density at radius 1 is 1.00 bits per heavy atom. The van der Waals surface area contributed by atoms with Gasteiger partial charge >= 0.3 is 11.9 Å². The van der Waals surface area contributed by atoms with E-state index in [1.165, 1.54) is 0 Å². The highest BCUT2D eigenvalue weighted by molar-refractivity contribution is 8.16. The van der Waals surface area contributed by atoms with E-state index in [4.69, 9.17) is 21.8 Å². The summed E-state index contributed by atoms with van der Waals surface area (Å²) < 4.78 is 0.0949. The van der Waals surface area contributed by atoms with Crippen LogP contribution < -0.4 is 0 Å². The molecule has 1 atom stereocenters. The third-order valence-electron chi connectivity index (χ3n) is 5.05. The smallest absolute Gasteiger partial charge is 0.317 e. The molecule has 0 saturated heterocycles. The van der Waals surface area contributed by atoms with E-state index >= 15 is 0 Å². The van der Waals surface area contributed by atoms with E-state index in [2.05, 4.69) is 24.0 Å². The molecule has 5 nitrogen and oxygen atoms in total. The molecule has 178 valence electrons. The number of fused-ring (bicyclic) bond motifs is 1. The number of pyridine rings is 1. The first-order valence-corrected chi connectivity index (χ1v) is 13.4. The van der Waals surface area contributed by atoms with Crippen LogP contribution in [0.2, 0.25) is 5.02 Å². The maximum Gasteiger partial charge on any atom is 0.317 e. The second kappa shape index (κ2) is 12.8. The molecule has 3 rings (SSSR count). The standard InChI is InChI=1S/C26H26ClNO4S2/c1-2-13-33-26(34-14-12-22(24(29)30)25(31)32)19-5-3-4-17(15-19)6-10-21-11-8-18-7-9-20(27)16-23(18)28-21/h3-11,15-16,22,26H,2,12-14H2,1H3,(H,29,30)(H,31,32)/b10-6+. The van der Waals surface area contributed by atoms with Gasteiger partial charge in [0, 0.05) is 10.4 Å². The highest BCUT2D eigenvalue weighted by Crippen LogP contribution is 2.40. The van der Waals surface area contributed by atoms with Crippen molar-refractivity contribution in [2.75, 3.05) is 11.5 Å². The van der Waals surface area contributed by atoms with Gasteiger partial charge in [-0.2, -0.15) is 0 Å². The third-order valence-corrected chi connectivity index (χ3v) is 8.37. The van der Waals surface area contributed by atoms with Gasteiger partial charge in [0.15, 0.2) is 5.92 Å². The van der Waals surface area contributed by atoms with E-state index in [0.29, 0.717) is 10.8 Å². The van der Waals surface area contributed by atoms with Gasteiger partial charge in [-0.1, -0.05) is 54.9 Å². The average molecular weight is 516 g/mol. The largest absolute Gasteiger partial charge is 0.481 e. The maximum atomic E-state index is 11.2. The predicted octanol–water partition coefficient (Wildman–Crippen LogP) is 7.11. The number of nitrogens with zero attached hydrogens (tertiary/aromatic N) is 1. The van der Waals surface area contributed by atoms with Gasteiger partial charge < -0.3 is 10.2 Å². The summed E-state index contributed by atoms with van der Waals surface area (Å²) in [6.07, 6.45) is 5.09. The molecule has 0 bridgehead atoms. The molecule has 0 aliphatic rings. The molecule has 0 fully saturated rings. The number of benzene rings is 2. The van der Waals surface area contributed by atoms with Crippen LogP contribution in [0.3, 0.4) is 0 Å². The summed E-state index contributed by atoms with van der Waals surface area (Å²) in [4.78, 5) is 27.0. The van der Waals surface area contributed by atoms with Gasteiger partial charge in [0.1, 0.15) is 0 Å². The molecule has 34 heavy (non-hydrogen) atoms. The quantitative estimate of drug-likeness (QED) is 0.196. The molecule has 2 aromatic carbocycles. The minimum Gasteiger partial charge on any atom is -0.481 e. The molecule has 0 aliphatic heterocycles. The first-order chi connectivity index (χ1) is 16.4. The van der Waals surface area contributed by atoms with Crippen molar-refractivity contribution in [2.45, 2.75) is 24.3 Å².